The minimum atomic E-state index is -1.12. The maximum atomic E-state index is 14.0. The first-order chi connectivity index (χ1) is 9.08. The van der Waals surface area contributed by atoms with Crippen molar-refractivity contribution in [1.29, 1.82) is 0 Å². The minimum absolute atomic E-state index is 0.286. The minimum Gasteiger partial charge on any atom is -0.464 e. The topological polar surface area (TPSA) is 38.3 Å². The van der Waals surface area contributed by atoms with E-state index in [9.17, 15) is 9.18 Å². The van der Waals surface area contributed by atoms with Crippen LogP contribution in [0.2, 0.25) is 0 Å². The molecule has 1 aromatic carbocycles. The molecule has 1 aromatic rings. The zero-order valence-corrected chi connectivity index (χ0v) is 11.4. The third kappa shape index (κ3) is 3.13. The predicted octanol–water partition coefficient (Wildman–Crippen LogP) is 2.60. The van der Waals surface area contributed by atoms with Crippen molar-refractivity contribution in [3.05, 3.63) is 35.6 Å². The van der Waals surface area contributed by atoms with Gasteiger partial charge in [0.1, 0.15) is 11.4 Å². The first-order valence-electron chi connectivity index (χ1n) is 6.75. The Labute approximate surface area is 113 Å². The molecule has 2 rings (SSSR count). The van der Waals surface area contributed by atoms with Crippen LogP contribution in [0.4, 0.5) is 4.39 Å². The number of hydrogen-bond acceptors (Lipinski definition) is 3. The molecule has 1 N–H and O–H groups in total. The van der Waals surface area contributed by atoms with E-state index in [1.165, 1.54) is 18.9 Å². The average molecular weight is 265 g/mol. The number of nitrogens with one attached hydrogen (secondary N) is 1. The standard InChI is InChI=1S/C15H20FNO2/c1-3-19-14(18)15(2,17-10-11-8-9-11)12-6-4-5-7-13(12)16/h4-7,11,17H,3,8-10H2,1-2H3. The summed E-state index contributed by atoms with van der Waals surface area (Å²) in [5, 5.41) is 3.19. The highest BCUT2D eigenvalue weighted by molar-refractivity contribution is 5.82. The lowest BCUT2D eigenvalue weighted by Crippen LogP contribution is -2.49. The van der Waals surface area contributed by atoms with Crippen LogP contribution in [0.5, 0.6) is 0 Å². The molecule has 0 spiro atoms. The molecular weight excluding hydrogens is 245 g/mol. The number of carbonyl (C=O) groups is 1. The number of carbonyl (C=O) groups excluding carboxylic acids is 1. The second kappa shape index (κ2) is 5.70. The van der Waals surface area contributed by atoms with Gasteiger partial charge in [-0.15, -0.1) is 0 Å². The molecule has 0 radical (unpaired) electrons. The van der Waals surface area contributed by atoms with E-state index in [-0.39, 0.29) is 12.4 Å². The molecular formula is C15H20FNO2. The Morgan fingerprint density at radius 1 is 1.47 bits per heavy atom. The Morgan fingerprint density at radius 2 is 2.16 bits per heavy atom. The monoisotopic (exact) mass is 265 g/mol. The number of esters is 1. The molecule has 0 bridgehead atoms. The molecule has 1 saturated carbocycles. The molecule has 0 aliphatic heterocycles. The Balaban J connectivity index is 2.26. The summed E-state index contributed by atoms with van der Waals surface area (Å²) in [4.78, 5) is 12.2. The lowest BCUT2D eigenvalue weighted by molar-refractivity contribution is -0.151. The third-order valence-corrected chi connectivity index (χ3v) is 3.54. The van der Waals surface area contributed by atoms with Crippen molar-refractivity contribution in [3.8, 4) is 0 Å². The van der Waals surface area contributed by atoms with Crippen molar-refractivity contribution < 1.29 is 13.9 Å². The van der Waals surface area contributed by atoms with Crippen LogP contribution in [0.25, 0.3) is 0 Å². The first kappa shape index (κ1) is 14.0. The number of benzene rings is 1. The van der Waals surface area contributed by atoms with E-state index >= 15 is 0 Å². The quantitative estimate of drug-likeness (QED) is 0.803. The Bertz CT molecular complexity index is 459. The highest BCUT2D eigenvalue weighted by Crippen LogP contribution is 2.31. The average Bonchev–Trinajstić information content (AvgIpc) is 3.21. The van der Waals surface area contributed by atoms with Gasteiger partial charge >= 0.3 is 5.97 Å². The van der Waals surface area contributed by atoms with Crippen LogP contribution in [-0.4, -0.2) is 19.1 Å². The molecule has 0 heterocycles. The van der Waals surface area contributed by atoms with Gasteiger partial charge in [-0.2, -0.15) is 0 Å². The number of rotatable bonds is 6. The maximum absolute atomic E-state index is 14.0. The van der Waals surface area contributed by atoms with Crippen molar-refractivity contribution in [2.24, 2.45) is 5.92 Å². The molecule has 1 atom stereocenters. The predicted molar refractivity (Wildman–Crippen MR) is 71.1 cm³/mol. The highest BCUT2D eigenvalue weighted by atomic mass is 19.1. The van der Waals surface area contributed by atoms with Crippen LogP contribution in [0.3, 0.4) is 0 Å². The van der Waals surface area contributed by atoms with Gasteiger partial charge in [0, 0.05) is 5.56 Å². The molecule has 0 saturated heterocycles. The van der Waals surface area contributed by atoms with E-state index < -0.39 is 11.5 Å². The molecule has 1 unspecified atom stereocenters. The normalized spacial score (nSPS) is 17.8. The van der Waals surface area contributed by atoms with Crippen LogP contribution in [0.1, 0.15) is 32.3 Å². The summed E-state index contributed by atoms with van der Waals surface area (Å²) in [6, 6.07) is 6.34. The van der Waals surface area contributed by atoms with Crippen LogP contribution in [0, 0.1) is 11.7 Å². The summed E-state index contributed by atoms with van der Waals surface area (Å²) in [6.45, 7) is 4.43. The number of ether oxygens (including phenoxy) is 1. The van der Waals surface area contributed by atoms with Gasteiger partial charge in [0.15, 0.2) is 0 Å². The van der Waals surface area contributed by atoms with E-state index in [2.05, 4.69) is 5.32 Å². The summed E-state index contributed by atoms with van der Waals surface area (Å²) in [7, 11) is 0. The summed E-state index contributed by atoms with van der Waals surface area (Å²) < 4.78 is 19.1. The van der Waals surface area contributed by atoms with E-state index in [1.54, 1.807) is 32.0 Å². The fraction of sp³-hybridized carbons (Fsp3) is 0.533. The third-order valence-electron chi connectivity index (χ3n) is 3.54. The molecule has 1 aliphatic rings. The van der Waals surface area contributed by atoms with Gasteiger partial charge in [-0.05, 0) is 45.2 Å². The smallest absolute Gasteiger partial charge is 0.330 e. The molecule has 1 fully saturated rings. The molecule has 4 heteroatoms. The zero-order chi connectivity index (χ0) is 13.9. The van der Waals surface area contributed by atoms with Gasteiger partial charge in [0.25, 0.3) is 0 Å². The van der Waals surface area contributed by atoms with Crippen LogP contribution < -0.4 is 5.32 Å². The number of halogens is 1. The van der Waals surface area contributed by atoms with Crippen LogP contribution >= 0.6 is 0 Å². The summed E-state index contributed by atoms with van der Waals surface area (Å²) >= 11 is 0. The number of hydrogen-bond donors (Lipinski definition) is 1. The lowest BCUT2D eigenvalue weighted by Gasteiger charge is -2.29. The van der Waals surface area contributed by atoms with Crippen molar-refractivity contribution >= 4 is 5.97 Å². The van der Waals surface area contributed by atoms with Gasteiger partial charge < -0.3 is 4.74 Å². The van der Waals surface area contributed by atoms with E-state index in [1.807, 2.05) is 0 Å². The summed E-state index contributed by atoms with van der Waals surface area (Å²) in [5.74, 6) is -0.220. The van der Waals surface area contributed by atoms with E-state index in [0.29, 0.717) is 18.0 Å². The Morgan fingerprint density at radius 3 is 2.74 bits per heavy atom. The summed E-state index contributed by atoms with van der Waals surface area (Å²) in [5.41, 5.74) is -0.779. The Kier molecular flexibility index (Phi) is 4.20. The Hall–Kier alpha value is -1.42. The fourth-order valence-electron chi connectivity index (χ4n) is 2.09. The molecule has 0 amide bonds. The second-order valence-corrected chi connectivity index (χ2v) is 5.15. The van der Waals surface area contributed by atoms with Crippen molar-refractivity contribution in [1.82, 2.24) is 5.32 Å². The largest absolute Gasteiger partial charge is 0.464 e. The van der Waals surface area contributed by atoms with E-state index in [4.69, 9.17) is 4.74 Å². The van der Waals surface area contributed by atoms with Crippen molar-refractivity contribution in [2.45, 2.75) is 32.2 Å². The highest BCUT2D eigenvalue weighted by Gasteiger charge is 2.39. The van der Waals surface area contributed by atoms with Crippen LogP contribution in [-0.2, 0) is 15.1 Å². The van der Waals surface area contributed by atoms with Gasteiger partial charge in [0.2, 0.25) is 0 Å². The van der Waals surface area contributed by atoms with Gasteiger partial charge in [-0.25, -0.2) is 9.18 Å². The summed E-state index contributed by atoms with van der Waals surface area (Å²) in [6.07, 6.45) is 2.34. The van der Waals surface area contributed by atoms with Gasteiger partial charge in [-0.1, -0.05) is 18.2 Å². The fourth-order valence-corrected chi connectivity index (χ4v) is 2.09. The van der Waals surface area contributed by atoms with Crippen LogP contribution in [0.15, 0.2) is 24.3 Å². The SMILES string of the molecule is CCOC(=O)C(C)(NCC1CC1)c1ccccc1F. The zero-order valence-electron chi connectivity index (χ0n) is 11.4. The molecule has 19 heavy (non-hydrogen) atoms. The van der Waals surface area contributed by atoms with E-state index in [0.717, 1.165) is 0 Å². The molecule has 1 aliphatic carbocycles. The molecule has 0 aromatic heterocycles. The molecule has 3 nitrogen and oxygen atoms in total. The maximum Gasteiger partial charge on any atom is 0.330 e. The van der Waals surface area contributed by atoms with Crippen molar-refractivity contribution in [2.75, 3.05) is 13.2 Å². The lowest BCUT2D eigenvalue weighted by atomic mass is 9.91. The first-order valence-corrected chi connectivity index (χ1v) is 6.75. The second-order valence-electron chi connectivity index (χ2n) is 5.15. The van der Waals surface area contributed by atoms with Crippen molar-refractivity contribution in [3.63, 3.8) is 0 Å². The van der Waals surface area contributed by atoms with Gasteiger partial charge in [-0.3, -0.25) is 5.32 Å². The molecule has 104 valence electrons. The van der Waals surface area contributed by atoms with Gasteiger partial charge in [0.05, 0.1) is 6.61 Å².